The summed E-state index contributed by atoms with van der Waals surface area (Å²) < 4.78 is 37.1. The van der Waals surface area contributed by atoms with Gasteiger partial charge in [0.15, 0.2) is 9.84 Å². The van der Waals surface area contributed by atoms with Gasteiger partial charge in [0, 0.05) is 5.41 Å². The zero-order valence-corrected chi connectivity index (χ0v) is 11.8. The summed E-state index contributed by atoms with van der Waals surface area (Å²) in [6, 6.07) is -0.541. The lowest BCUT2D eigenvalue weighted by Gasteiger charge is -2.10. The second kappa shape index (κ2) is 8.90. The first-order valence-corrected chi connectivity index (χ1v) is 7.85. The Morgan fingerprint density at radius 2 is 1.85 bits per heavy atom. The fourth-order valence-electron chi connectivity index (χ4n) is 1.44. The Hall–Kier alpha value is -1.16. The molecule has 0 unspecified atom stereocenters. The van der Waals surface area contributed by atoms with Gasteiger partial charge >= 0.3 is 6.09 Å². The maximum Gasteiger partial charge on any atom is 0.407 e. The van der Waals surface area contributed by atoms with E-state index in [1.807, 2.05) is 0 Å². The van der Waals surface area contributed by atoms with E-state index in [0.29, 0.717) is 13.2 Å². The molecule has 8 nitrogen and oxygen atoms in total. The molecule has 1 heterocycles. The summed E-state index contributed by atoms with van der Waals surface area (Å²) in [4.78, 5) is 11.3. The third-order valence-electron chi connectivity index (χ3n) is 2.30. The number of aliphatic hydroxyl groups excluding tert-OH is 1. The van der Waals surface area contributed by atoms with Gasteiger partial charge in [-0.3, -0.25) is 0 Å². The summed E-state index contributed by atoms with van der Waals surface area (Å²) in [5.41, 5.74) is 0. The first kappa shape index (κ1) is 16.9. The largest absolute Gasteiger partial charge is 0.447 e. The van der Waals surface area contributed by atoms with E-state index in [-0.39, 0.29) is 32.2 Å². The fraction of sp³-hybridized carbons (Fsp3) is 0.727. The molecule has 0 fully saturated rings. The van der Waals surface area contributed by atoms with Crippen molar-refractivity contribution in [2.75, 3.05) is 45.4 Å². The molecule has 0 aromatic heterocycles. The van der Waals surface area contributed by atoms with Crippen molar-refractivity contribution in [2.45, 2.75) is 6.04 Å². The van der Waals surface area contributed by atoms with Crippen LogP contribution in [0.5, 0.6) is 0 Å². The number of carbonyl (C=O) groups excluding carboxylic acids is 1. The van der Waals surface area contributed by atoms with Crippen LogP contribution < -0.4 is 5.32 Å². The molecule has 1 aliphatic rings. The van der Waals surface area contributed by atoms with Gasteiger partial charge in [0.1, 0.15) is 6.61 Å². The van der Waals surface area contributed by atoms with Crippen molar-refractivity contribution in [2.24, 2.45) is 0 Å². The molecule has 1 atom stereocenters. The van der Waals surface area contributed by atoms with Crippen molar-refractivity contribution in [3.8, 4) is 0 Å². The molecule has 116 valence electrons. The summed E-state index contributed by atoms with van der Waals surface area (Å²) >= 11 is 0. The Morgan fingerprint density at radius 1 is 1.20 bits per heavy atom. The Bertz CT molecular complexity index is 420. The lowest BCUT2D eigenvalue weighted by atomic mass is 10.3. The smallest absolute Gasteiger partial charge is 0.407 e. The van der Waals surface area contributed by atoms with Crippen LogP contribution in [0.3, 0.4) is 0 Å². The molecule has 2 N–H and O–H groups in total. The number of hydrogen-bond acceptors (Lipinski definition) is 7. The molecule has 0 spiro atoms. The van der Waals surface area contributed by atoms with Crippen molar-refractivity contribution < 1.29 is 32.5 Å². The summed E-state index contributed by atoms with van der Waals surface area (Å²) in [6.07, 6.45) is 0.725. The molecule has 0 aromatic rings. The molecule has 1 rings (SSSR count). The highest BCUT2D eigenvalue weighted by Crippen LogP contribution is 2.07. The minimum Gasteiger partial charge on any atom is -0.447 e. The molecule has 0 aromatic carbocycles. The van der Waals surface area contributed by atoms with Crippen LogP contribution in [0.1, 0.15) is 0 Å². The highest BCUT2D eigenvalue weighted by atomic mass is 32.2. The monoisotopic (exact) mass is 309 g/mol. The van der Waals surface area contributed by atoms with E-state index in [9.17, 15) is 13.2 Å². The van der Waals surface area contributed by atoms with Crippen molar-refractivity contribution in [1.29, 1.82) is 0 Å². The SMILES string of the molecule is O=C(N[C@@H]1C=CS(=O)(=O)C1)OCCOCCOCCO. The van der Waals surface area contributed by atoms with Crippen LogP contribution in [0, 0.1) is 0 Å². The molecule has 0 radical (unpaired) electrons. The van der Waals surface area contributed by atoms with Gasteiger partial charge in [-0.25, -0.2) is 13.2 Å². The van der Waals surface area contributed by atoms with E-state index in [0.717, 1.165) is 5.41 Å². The fourth-order valence-corrected chi connectivity index (χ4v) is 2.67. The maximum absolute atomic E-state index is 11.3. The van der Waals surface area contributed by atoms with Crippen LogP contribution >= 0.6 is 0 Å². The van der Waals surface area contributed by atoms with Crippen LogP contribution in [0.4, 0.5) is 4.79 Å². The zero-order valence-electron chi connectivity index (χ0n) is 11.0. The molecule has 0 saturated carbocycles. The average molecular weight is 309 g/mol. The van der Waals surface area contributed by atoms with Crippen LogP contribution in [0.25, 0.3) is 0 Å². The number of aliphatic hydroxyl groups is 1. The van der Waals surface area contributed by atoms with E-state index in [1.54, 1.807) is 0 Å². The number of sulfone groups is 1. The first-order chi connectivity index (χ1) is 9.53. The predicted molar refractivity (Wildman–Crippen MR) is 69.9 cm³/mol. The second-order valence-electron chi connectivity index (χ2n) is 3.99. The minimum absolute atomic E-state index is 0.0331. The van der Waals surface area contributed by atoms with Crippen LogP contribution in [0.2, 0.25) is 0 Å². The topological polar surface area (TPSA) is 111 Å². The van der Waals surface area contributed by atoms with Gasteiger partial charge in [-0.05, 0) is 6.08 Å². The number of ether oxygens (including phenoxy) is 3. The lowest BCUT2D eigenvalue weighted by Crippen LogP contribution is -2.36. The molecular formula is C11H19NO7S. The van der Waals surface area contributed by atoms with E-state index < -0.39 is 22.0 Å². The van der Waals surface area contributed by atoms with Gasteiger partial charge in [0.2, 0.25) is 0 Å². The maximum atomic E-state index is 11.3. The number of amides is 1. The number of carbonyl (C=O) groups is 1. The van der Waals surface area contributed by atoms with Gasteiger partial charge in [0.25, 0.3) is 0 Å². The lowest BCUT2D eigenvalue weighted by molar-refractivity contribution is 0.0185. The normalized spacial score (nSPS) is 19.9. The third kappa shape index (κ3) is 7.43. The van der Waals surface area contributed by atoms with E-state index in [4.69, 9.17) is 19.3 Å². The van der Waals surface area contributed by atoms with E-state index >= 15 is 0 Å². The highest BCUT2D eigenvalue weighted by Gasteiger charge is 2.23. The highest BCUT2D eigenvalue weighted by molar-refractivity contribution is 7.94. The van der Waals surface area contributed by atoms with Gasteiger partial charge in [-0.1, -0.05) is 0 Å². The number of hydrogen-bond donors (Lipinski definition) is 2. The summed E-state index contributed by atoms with van der Waals surface area (Å²) in [6.45, 7) is 1.21. The molecule has 0 bridgehead atoms. The zero-order chi connectivity index (χ0) is 14.8. The Morgan fingerprint density at radius 3 is 2.45 bits per heavy atom. The third-order valence-corrected chi connectivity index (χ3v) is 3.70. The summed E-state index contributed by atoms with van der Waals surface area (Å²) in [5.74, 6) is -0.138. The quantitative estimate of drug-likeness (QED) is 0.528. The minimum atomic E-state index is -3.19. The number of nitrogens with one attached hydrogen (secondary N) is 1. The van der Waals surface area contributed by atoms with Gasteiger partial charge in [0.05, 0.1) is 44.8 Å². The van der Waals surface area contributed by atoms with Crippen molar-refractivity contribution >= 4 is 15.9 Å². The van der Waals surface area contributed by atoms with Gasteiger partial charge in [-0.2, -0.15) is 0 Å². The van der Waals surface area contributed by atoms with Crippen molar-refractivity contribution in [1.82, 2.24) is 5.32 Å². The summed E-state index contributed by atoms with van der Waals surface area (Å²) in [7, 11) is -3.19. The molecule has 20 heavy (non-hydrogen) atoms. The van der Waals surface area contributed by atoms with Gasteiger partial charge < -0.3 is 24.6 Å². The molecule has 0 aliphatic carbocycles. The van der Waals surface area contributed by atoms with E-state index in [2.05, 4.69) is 5.32 Å². The molecular weight excluding hydrogens is 290 g/mol. The van der Waals surface area contributed by atoms with Crippen LogP contribution in [-0.4, -0.2) is 71.1 Å². The number of alkyl carbamates (subject to hydrolysis) is 1. The first-order valence-electron chi connectivity index (χ1n) is 6.14. The second-order valence-corrected chi connectivity index (χ2v) is 5.92. The Labute approximate surface area is 117 Å². The predicted octanol–water partition coefficient (Wildman–Crippen LogP) is -0.951. The van der Waals surface area contributed by atoms with Crippen LogP contribution in [0.15, 0.2) is 11.5 Å². The number of rotatable bonds is 9. The van der Waals surface area contributed by atoms with Crippen molar-refractivity contribution in [3.63, 3.8) is 0 Å². The Kier molecular flexibility index (Phi) is 7.52. The van der Waals surface area contributed by atoms with E-state index in [1.165, 1.54) is 6.08 Å². The average Bonchev–Trinajstić information content (AvgIpc) is 2.72. The van der Waals surface area contributed by atoms with Crippen molar-refractivity contribution in [3.05, 3.63) is 11.5 Å². The molecule has 1 amide bonds. The molecule has 0 saturated heterocycles. The summed E-state index contributed by atoms with van der Waals surface area (Å²) in [5, 5.41) is 11.9. The molecule has 9 heteroatoms. The Balaban J connectivity index is 1.97. The molecule has 1 aliphatic heterocycles. The van der Waals surface area contributed by atoms with Gasteiger partial charge in [-0.15, -0.1) is 0 Å². The standard InChI is InChI=1S/C11H19NO7S/c13-2-3-17-4-5-18-6-7-19-11(14)12-10-1-8-20(15,16)9-10/h1,8,10,13H,2-7,9H2,(H,12,14)/t10-/m1/s1. The van der Waals surface area contributed by atoms with Crippen LogP contribution in [-0.2, 0) is 24.0 Å².